The zero-order chi connectivity index (χ0) is 14.0. The summed E-state index contributed by atoms with van der Waals surface area (Å²) >= 11 is 0. The fourth-order valence-electron chi connectivity index (χ4n) is 3.08. The molecule has 0 aliphatic heterocycles. The van der Waals surface area contributed by atoms with Crippen molar-refractivity contribution in [3.05, 3.63) is 11.5 Å². The number of carbonyl (C=O) groups is 1. The van der Waals surface area contributed by atoms with E-state index in [1.807, 2.05) is 11.5 Å². The lowest BCUT2D eigenvalue weighted by atomic mass is 9.96. The first-order valence-electron chi connectivity index (χ1n) is 6.98. The van der Waals surface area contributed by atoms with Gasteiger partial charge in [0.25, 0.3) is 0 Å². The Hall–Kier alpha value is -1.52. The molecule has 1 fully saturated rings. The number of nitrogen functional groups attached to an aromatic ring is 1. The standard InChI is InChI=1S/C14H23N3O2/c1-9-7-5-4-6-8-11(9)17-10(2)16-12(13(17)15)14(18)19-3/h9,11H,4-8,15H2,1-3H3. The van der Waals surface area contributed by atoms with Crippen LogP contribution in [0.5, 0.6) is 0 Å². The summed E-state index contributed by atoms with van der Waals surface area (Å²) < 4.78 is 6.76. The molecule has 0 radical (unpaired) electrons. The van der Waals surface area contributed by atoms with Gasteiger partial charge in [0.05, 0.1) is 7.11 Å². The minimum Gasteiger partial charge on any atom is -0.464 e. The summed E-state index contributed by atoms with van der Waals surface area (Å²) in [5, 5.41) is 0. The molecular weight excluding hydrogens is 242 g/mol. The predicted octanol–water partition coefficient (Wildman–Crippen LogP) is 2.70. The van der Waals surface area contributed by atoms with Crippen molar-refractivity contribution < 1.29 is 9.53 Å². The average molecular weight is 265 g/mol. The number of anilines is 1. The zero-order valence-electron chi connectivity index (χ0n) is 12.0. The first-order valence-corrected chi connectivity index (χ1v) is 6.98. The van der Waals surface area contributed by atoms with Gasteiger partial charge in [0, 0.05) is 6.04 Å². The van der Waals surface area contributed by atoms with Crippen molar-refractivity contribution in [1.29, 1.82) is 0 Å². The summed E-state index contributed by atoms with van der Waals surface area (Å²) in [6.45, 7) is 4.16. The molecule has 1 aromatic rings. The fourth-order valence-corrected chi connectivity index (χ4v) is 3.08. The molecule has 0 spiro atoms. The Kier molecular flexibility index (Phi) is 4.12. The maximum absolute atomic E-state index is 11.7. The first kappa shape index (κ1) is 13.9. The number of esters is 1. The van der Waals surface area contributed by atoms with Gasteiger partial charge in [-0.3, -0.25) is 0 Å². The third kappa shape index (κ3) is 2.60. The Morgan fingerprint density at radius 2 is 2.05 bits per heavy atom. The van der Waals surface area contributed by atoms with Gasteiger partial charge in [-0.1, -0.05) is 26.2 Å². The van der Waals surface area contributed by atoms with Crippen molar-refractivity contribution in [2.75, 3.05) is 12.8 Å². The Morgan fingerprint density at radius 3 is 2.74 bits per heavy atom. The quantitative estimate of drug-likeness (QED) is 0.659. The van der Waals surface area contributed by atoms with Crippen molar-refractivity contribution in [1.82, 2.24) is 9.55 Å². The van der Waals surface area contributed by atoms with Gasteiger partial charge in [-0.25, -0.2) is 9.78 Å². The number of aromatic nitrogens is 2. The van der Waals surface area contributed by atoms with E-state index < -0.39 is 5.97 Å². The Balaban J connectivity index is 2.38. The Bertz CT molecular complexity index is 468. The maximum atomic E-state index is 11.7. The van der Waals surface area contributed by atoms with Gasteiger partial charge in [-0.15, -0.1) is 0 Å². The molecule has 2 unspecified atom stereocenters. The van der Waals surface area contributed by atoms with E-state index in [1.165, 1.54) is 32.8 Å². The van der Waals surface area contributed by atoms with Crippen molar-refractivity contribution in [3.63, 3.8) is 0 Å². The number of nitrogens with two attached hydrogens (primary N) is 1. The molecule has 2 rings (SSSR count). The lowest BCUT2D eigenvalue weighted by Gasteiger charge is -2.25. The number of aryl methyl sites for hydroxylation is 1. The molecular formula is C14H23N3O2. The van der Waals surface area contributed by atoms with Gasteiger partial charge < -0.3 is 15.0 Å². The minimum absolute atomic E-state index is 0.247. The van der Waals surface area contributed by atoms with E-state index in [0.717, 1.165) is 12.2 Å². The molecule has 0 bridgehead atoms. The monoisotopic (exact) mass is 265 g/mol. The molecule has 1 aliphatic rings. The molecule has 1 aliphatic carbocycles. The number of rotatable bonds is 2. The molecule has 5 nitrogen and oxygen atoms in total. The number of carbonyl (C=O) groups excluding carboxylic acids is 1. The number of methoxy groups -OCH3 is 1. The highest BCUT2D eigenvalue weighted by Crippen LogP contribution is 2.35. The van der Waals surface area contributed by atoms with Crippen LogP contribution in [-0.2, 0) is 4.74 Å². The number of ether oxygens (including phenoxy) is 1. The predicted molar refractivity (Wildman–Crippen MR) is 74.0 cm³/mol. The van der Waals surface area contributed by atoms with E-state index in [9.17, 15) is 4.79 Å². The van der Waals surface area contributed by atoms with Crippen LogP contribution in [0.4, 0.5) is 5.82 Å². The second-order valence-corrected chi connectivity index (χ2v) is 5.44. The summed E-state index contributed by atoms with van der Waals surface area (Å²) in [4.78, 5) is 15.9. The summed E-state index contributed by atoms with van der Waals surface area (Å²) in [5.74, 6) is 1.35. The topological polar surface area (TPSA) is 70.1 Å². The zero-order valence-corrected chi connectivity index (χ0v) is 12.0. The Labute approximate surface area is 114 Å². The lowest BCUT2D eigenvalue weighted by molar-refractivity contribution is 0.0595. The molecule has 1 saturated carbocycles. The van der Waals surface area contributed by atoms with Gasteiger partial charge in [-0.2, -0.15) is 0 Å². The summed E-state index contributed by atoms with van der Waals surface area (Å²) in [6.07, 6.45) is 6.06. The van der Waals surface area contributed by atoms with Crippen LogP contribution >= 0.6 is 0 Å². The van der Waals surface area contributed by atoms with E-state index in [-0.39, 0.29) is 5.69 Å². The third-order valence-electron chi connectivity index (χ3n) is 4.15. The second kappa shape index (κ2) is 5.63. The van der Waals surface area contributed by atoms with E-state index in [4.69, 9.17) is 10.5 Å². The fraction of sp³-hybridized carbons (Fsp3) is 0.714. The normalized spacial score (nSPS) is 23.9. The molecule has 0 amide bonds. The summed E-state index contributed by atoms with van der Waals surface area (Å²) in [5.41, 5.74) is 6.37. The van der Waals surface area contributed by atoms with Crippen LogP contribution in [0, 0.1) is 12.8 Å². The van der Waals surface area contributed by atoms with E-state index in [1.54, 1.807) is 0 Å². The van der Waals surface area contributed by atoms with Crippen LogP contribution in [0.1, 0.15) is 61.4 Å². The van der Waals surface area contributed by atoms with Crippen LogP contribution in [0.3, 0.4) is 0 Å². The van der Waals surface area contributed by atoms with Gasteiger partial charge in [0.1, 0.15) is 11.6 Å². The van der Waals surface area contributed by atoms with E-state index in [0.29, 0.717) is 17.8 Å². The maximum Gasteiger partial charge on any atom is 0.360 e. The molecule has 19 heavy (non-hydrogen) atoms. The number of hydrogen-bond acceptors (Lipinski definition) is 4. The minimum atomic E-state index is -0.458. The van der Waals surface area contributed by atoms with Crippen molar-refractivity contribution in [3.8, 4) is 0 Å². The number of imidazole rings is 1. The molecule has 1 aromatic heterocycles. The van der Waals surface area contributed by atoms with Crippen LogP contribution in [0.25, 0.3) is 0 Å². The smallest absolute Gasteiger partial charge is 0.360 e. The SMILES string of the molecule is COC(=O)c1nc(C)n(C2CCCCCC2C)c1N. The number of hydrogen-bond donors (Lipinski definition) is 1. The molecule has 5 heteroatoms. The molecule has 2 N–H and O–H groups in total. The van der Waals surface area contributed by atoms with Crippen molar-refractivity contribution in [2.24, 2.45) is 5.92 Å². The first-order chi connectivity index (χ1) is 9.06. The van der Waals surface area contributed by atoms with Crippen molar-refractivity contribution in [2.45, 2.75) is 52.0 Å². The van der Waals surface area contributed by atoms with Crippen LogP contribution < -0.4 is 5.73 Å². The van der Waals surface area contributed by atoms with Crippen molar-refractivity contribution >= 4 is 11.8 Å². The van der Waals surface area contributed by atoms with E-state index >= 15 is 0 Å². The lowest BCUT2D eigenvalue weighted by Crippen LogP contribution is -2.19. The van der Waals surface area contributed by atoms with Gasteiger partial charge in [0.15, 0.2) is 5.69 Å². The highest BCUT2D eigenvalue weighted by molar-refractivity contribution is 5.92. The highest BCUT2D eigenvalue weighted by atomic mass is 16.5. The van der Waals surface area contributed by atoms with E-state index in [2.05, 4.69) is 11.9 Å². The summed E-state index contributed by atoms with van der Waals surface area (Å²) in [6, 6.07) is 0.341. The molecule has 0 saturated heterocycles. The van der Waals surface area contributed by atoms with Crippen LogP contribution in [0.15, 0.2) is 0 Å². The average Bonchev–Trinajstić information content (AvgIpc) is 2.56. The highest BCUT2D eigenvalue weighted by Gasteiger charge is 2.28. The molecule has 0 aromatic carbocycles. The largest absolute Gasteiger partial charge is 0.464 e. The van der Waals surface area contributed by atoms with Crippen LogP contribution in [0.2, 0.25) is 0 Å². The molecule has 2 atom stereocenters. The van der Waals surface area contributed by atoms with Gasteiger partial charge in [-0.05, 0) is 25.7 Å². The summed E-state index contributed by atoms with van der Waals surface area (Å²) in [7, 11) is 1.35. The van der Waals surface area contributed by atoms with Gasteiger partial charge >= 0.3 is 5.97 Å². The molecule has 1 heterocycles. The second-order valence-electron chi connectivity index (χ2n) is 5.44. The molecule has 106 valence electrons. The van der Waals surface area contributed by atoms with Gasteiger partial charge in [0.2, 0.25) is 0 Å². The van der Waals surface area contributed by atoms with Crippen LogP contribution in [-0.4, -0.2) is 22.6 Å². The Morgan fingerprint density at radius 1 is 1.37 bits per heavy atom. The third-order valence-corrected chi connectivity index (χ3v) is 4.15. The number of nitrogens with zero attached hydrogens (tertiary/aromatic N) is 2.